The molecule has 0 saturated carbocycles. The van der Waals surface area contributed by atoms with Crippen molar-refractivity contribution in [3.05, 3.63) is 30.0 Å². The second-order valence-corrected chi connectivity index (χ2v) is 7.79. The summed E-state index contributed by atoms with van der Waals surface area (Å²) in [5.74, 6) is 0.412. The highest BCUT2D eigenvalue weighted by molar-refractivity contribution is 7.89. The van der Waals surface area contributed by atoms with Crippen molar-refractivity contribution in [3.8, 4) is 5.88 Å². The molecule has 1 saturated heterocycles. The van der Waals surface area contributed by atoms with Crippen LogP contribution in [0.25, 0.3) is 0 Å². The van der Waals surface area contributed by atoms with Crippen LogP contribution in [0.15, 0.2) is 23.5 Å². The summed E-state index contributed by atoms with van der Waals surface area (Å²) < 4.78 is 34.9. The van der Waals surface area contributed by atoms with E-state index in [2.05, 4.69) is 15.1 Å². The molecule has 0 bridgehead atoms. The lowest BCUT2D eigenvalue weighted by Crippen LogP contribution is -2.44. The minimum absolute atomic E-state index is 0.234. The lowest BCUT2D eigenvalue weighted by Gasteiger charge is -2.31. The highest BCUT2D eigenvalue weighted by Crippen LogP contribution is 2.26. The van der Waals surface area contributed by atoms with Gasteiger partial charge in [0.15, 0.2) is 0 Å². The lowest BCUT2D eigenvalue weighted by molar-refractivity contribution is 0.124. The number of piperidine rings is 1. The van der Waals surface area contributed by atoms with Crippen molar-refractivity contribution in [3.63, 3.8) is 0 Å². The van der Waals surface area contributed by atoms with Gasteiger partial charge in [0.1, 0.15) is 11.0 Å². The molecule has 0 aliphatic carbocycles. The topological polar surface area (TPSA) is 90.2 Å². The molecule has 0 amide bonds. The van der Waals surface area contributed by atoms with Crippen LogP contribution in [-0.4, -0.2) is 51.7 Å². The summed E-state index contributed by atoms with van der Waals surface area (Å²) in [5.41, 5.74) is 1.16. The lowest BCUT2D eigenvalue weighted by atomic mass is 10.1. The molecule has 0 N–H and O–H groups in total. The number of hydrogen-bond donors (Lipinski definition) is 0. The highest BCUT2D eigenvalue weighted by Gasteiger charge is 2.34. The predicted octanol–water partition coefficient (Wildman–Crippen LogP) is 1.06. The molecular weight excluding hydrogens is 330 g/mol. The van der Waals surface area contributed by atoms with E-state index in [0.717, 1.165) is 12.8 Å². The Balaban J connectivity index is 1.81. The van der Waals surface area contributed by atoms with Crippen LogP contribution in [0, 0.1) is 13.8 Å². The Bertz CT molecular complexity index is 819. The molecular formula is C15H21N5O3S. The van der Waals surface area contributed by atoms with Gasteiger partial charge >= 0.3 is 0 Å². The molecule has 1 unspecified atom stereocenters. The van der Waals surface area contributed by atoms with Crippen LogP contribution >= 0.6 is 0 Å². The molecule has 1 atom stereocenters. The van der Waals surface area contributed by atoms with Crippen molar-refractivity contribution in [1.29, 1.82) is 0 Å². The van der Waals surface area contributed by atoms with Crippen molar-refractivity contribution in [1.82, 2.24) is 24.1 Å². The molecule has 24 heavy (non-hydrogen) atoms. The average molecular weight is 351 g/mol. The second-order valence-electron chi connectivity index (χ2n) is 5.91. The Morgan fingerprint density at radius 2 is 2.08 bits per heavy atom. The fourth-order valence-electron chi connectivity index (χ4n) is 2.99. The molecule has 0 radical (unpaired) electrons. The summed E-state index contributed by atoms with van der Waals surface area (Å²) in [6, 6.07) is 0. The Kier molecular flexibility index (Phi) is 4.55. The van der Waals surface area contributed by atoms with E-state index in [-0.39, 0.29) is 6.10 Å². The zero-order chi connectivity index (χ0) is 17.3. The minimum Gasteiger partial charge on any atom is -0.472 e. The number of sulfonamides is 1. The molecule has 9 heteroatoms. The van der Waals surface area contributed by atoms with Gasteiger partial charge in [-0.05, 0) is 26.7 Å². The summed E-state index contributed by atoms with van der Waals surface area (Å²) in [6.07, 6.45) is 5.94. The van der Waals surface area contributed by atoms with E-state index in [1.54, 1.807) is 38.0 Å². The van der Waals surface area contributed by atoms with Gasteiger partial charge in [0, 0.05) is 26.0 Å². The van der Waals surface area contributed by atoms with Gasteiger partial charge in [0.25, 0.3) is 0 Å². The first kappa shape index (κ1) is 16.8. The van der Waals surface area contributed by atoms with Crippen LogP contribution < -0.4 is 4.74 Å². The third-order valence-corrected chi connectivity index (χ3v) is 6.33. The zero-order valence-corrected chi connectivity index (χ0v) is 14.8. The summed E-state index contributed by atoms with van der Waals surface area (Å²) in [4.78, 5) is 8.34. The van der Waals surface area contributed by atoms with E-state index < -0.39 is 10.0 Å². The zero-order valence-electron chi connectivity index (χ0n) is 14.0. The molecule has 0 spiro atoms. The van der Waals surface area contributed by atoms with Crippen LogP contribution in [0.5, 0.6) is 5.88 Å². The molecule has 1 aliphatic heterocycles. The molecule has 0 aromatic carbocycles. The Hall–Kier alpha value is -2.00. The van der Waals surface area contributed by atoms with Crippen LogP contribution in [0.4, 0.5) is 0 Å². The maximum Gasteiger partial charge on any atom is 0.246 e. The molecule has 1 aliphatic rings. The van der Waals surface area contributed by atoms with Gasteiger partial charge in [0.2, 0.25) is 15.9 Å². The van der Waals surface area contributed by atoms with Gasteiger partial charge in [-0.2, -0.15) is 9.40 Å². The summed E-state index contributed by atoms with van der Waals surface area (Å²) in [6.45, 7) is 4.27. The largest absolute Gasteiger partial charge is 0.472 e. The predicted molar refractivity (Wildman–Crippen MR) is 87.1 cm³/mol. The Morgan fingerprint density at radius 1 is 1.29 bits per heavy atom. The van der Waals surface area contributed by atoms with E-state index in [1.165, 1.54) is 10.5 Å². The van der Waals surface area contributed by atoms with E-state index in [9.17, 15) is 8.42 Å². The van der Waals surface area contributed by atoms with E-state index >= 15 is 0 Å². The summed E-state index contributed by atoms with van der Waals surface area (Å²) >= 11 is 0. The SMILES string of the molecule is Cc1nn(C)c(C)c1S(=O)(=O)N1CCCC(Oc2cnccn2)C1. The van der Waals surface area contributed by atoms with Crippen molar-refractivity contribution in [2.24, 2.45) is 7.05 Å². The molecule has 8 nitrogen and oxygen atoms in total. The number of hydrogen-bond acceptors (Lipinski definition) is 6. The molecule has 2 aromatic heterocycles. The number of aryl methyl sites for hydroxylation is 2. The highest BCUT2D eigenvalue weighted by atomic mass is 32.2. The van der Waals surface area contributed by atoms with Gasteiger partial charge in [-0.25, -0.2) is 13.4 Å². The maximum absolute atomic E-state index is 13.0. The van der Waals surface area contributed by atoms with Gasteiger partial charge < -0.3 is 4.74 Å². The molecule has 3 heterocycles. The minimum atomic E-state index is -3.59. The summed E-state index contributed by atoms with van der Waals surface area (Å²) in [5, 5.41) is 4.22. The summed E-state index contributed by atoms with van der Waals surface area (Å²) in [7, 11) is -1.85. The van der Waals surface area contributed by atoms with Crippen molar-refractivity contribution >= 4 is 10.0 Å². The maximum atomic E-state index is 13.0. The number of rotatable bonds is 4. The van der Waals surface area contributed by atoms with Crippen LogP contribution in [-0.2, 0) is 17.1 Å². The van der Waals surface area contributed by atoms with E-state index in [1.807, 2.05) is 0 Å². The quantitative estimate of drug-likeness (QED) is 0.818. The number of aromatic nitrogens is 4. The first-order valence-corrected chi connectivity index (χ1v) is 9.26. The van der Waals surface area contributed by atoms with Crippen molar-refractivity contribution in [2.75, 3.05) is 13.1 Å². The van der Waals surface area contributed by atoms with Gasteiger partial charge in [0.05, 0.1) is 24.1 Å². The van der Waals surface area contributed by atoms with Crippen LogP contribution in [0.3, 0.4) is 0 Å². The fourth-order valence-corrected chi connectivity index (χ4v) is 4.90. The average Bonchev–Trinajstić information content (AvgIpc) is 2.81. The first-order valence-electron chi connectivity index (χ1n) is 7.82. The second kappa shape index (κ2) is 6.48. The molecule has 1 fully saturated rings. The number of ether oxygens (including phenoxy) is 1. The van der Waals surface area contributed by atoms with Gasteiger partial charge in [-0.15, -0.1) is 0 Å². The Morgan fingerprint density at radius 3 is 2.71 bits per heavy atom. The van der Waals surface area contributed by atoms with Crippen LogP contribution in [0.1, 0.15) is 24.2 Å². The fraction of sp³-hybridized carbons (Fsp3) is 0.533. The van der Waals surface area contributed by atoms with Crippen molar-refractivity contribution in [2.45, 2.75) is 37.7 Å². The normalized spacial score (nSPS) is 19.4. The third kappa shape index (κ3) is 3.13. The van der Waals surface area contributed by atoms with E-state index in [4.69, 9.17) is 4.74 Å². The third-order valence-electron chi connectivity index (χ3n) is 4.21. The van der Waals surface area contributed by atoms with Crippen molar-refractivity contribution < 1.29 is 13.2 Å². The standard InChI is InChI=1S/C15H21N5O3S/c1-11-15(12(2)19(3)18-11)24(21,22)20-8-4-5-13(10-20)23-14-9-16-6-7-17-14/h6-7,9,13H,4-5,8,10H2,1-3H3. The van der Waals surface area contributed by atoms with Gasteiger partial charge in [-0.3, -0.25) is 9.67 Å². The molecule has 3 rings (SSSR count). The van der Waals surface area contributed by atoms with Crippen LogP contribution in [0.2, 0.25) is 0 Å². The monoisotopic (exact) mass is 351 g/mol. The van der Waals surface area contributed by atoms with E-state index in [0.29, 0.717) is 35.3 Å². The van der Waals surface area contributed by atoms with Gasteiger partial charge in [-0.1, -0.05) is 0 Å². The Labute approximate surface area is 141 Å². The smallest absolute Gasteiger partial charge is 0.246 e. The molecule has 2 aromatic rings. The molecule has 130 valence electrons. The number of nitrogens with zero attached hydrogens (tertiary/aromatic N) is 5. The first-order chi connectivity index (χ1) is 11.4.